The van der Waals surface area contributed by atoms with Gasteiger partial charge in [-0.2, -0.15) is 5.10 Å². The maximum absolute atomic E-state index is 11.5. The number of nitrogens with one attached hydrogen (secondary N) is 2. The molecule has 0 saturated carbocycles. The van der Waals surface area contributed by atoms with Crippen molar-refractivity contribution >= 4 is 17.3 Å². The number of amides is 1. The predicted octanol–water partition coefficient (Wildman–Crippen LogP) is 3.25. The van der Waals surface area contributed by atoms with E-state index in [-0.39, 0.29) is 11.9 Å². The van der Waals surface area contributed by atoms with Crippen LogP contribution in [0.3, 0.4) is 0 Å². The Kier molecular flexibility index (Phi) is 4.62. The van der Waals surface area contributed by atoms with E-state index in [9.17, 15) is 4.79 Å². The van der Waals surface area contributed by atoms with Gasteiger partial charge in [0.2, 0.25) is 5.91 Å². The molecule has 1 unspecified atom stereocenters. The Hall–Kier alpha value is -2.30. The third-order valence-corrected chi connectivity index (χ3v) is 3.44. The lowest BCUT2D eigenvalue weighted by Gasteiger charge is -2.17. The fraction of sp³-hybridized carbons (Fsp3) is 0.375. The molecule has 0 saturated heterocycles. The van der Waals surface area contributed by atoms with E-state index < -0.39 is 0 Å². The molecule has 5 heteroatoms. The Balaban J connectivity index is 2.15. The van der Waals surface area contributed by atoms with Crippen molar-refractivity contribution < 1.29 is 4.79 Å². The van der Waals surface area contributed by atoms with Gasteiger partial charge in [-0.05, 0) is 31.5 Å². The number of hydrogen-bond acceptors (Lipinski definition) is 3. The summed E-state index contributed by atoms with van der Waals surface area (Å²) in [6, 6.07) is 6.04. The highest BCUT2D eigenvalue weighted by Crippen LogP contribution is 2.25. The summed E-state index contributed by atoms with van der Waals surface area (Å²) in [5, 5.41) is 10.5. The minimum absolute atomic E-state index is 0.0186. The number of carbonyl (C=O) groups excluding carboxylic acids is 1. The van der Waals surface area contributed by atoms with Crippen LogP contribution in [0.15, 0.2) is 30.6 Å². The van der Waals surface area contributed by atoms with Gasteiger partial charge in [0.1, 0.15) is 0 Å². The summed E-state index contributed by atoms with van der Waals surface area (Å²) in [7, 11) is 1.91. The molecule has 0 radical (unpaired) electrons. The largest absolute Gasteiger partial charge is 0.378 e. The Morgan fingerprint density at radius 1 is 1.43 bits per heavy atom. The third-order valence-electron chi connectivity index (χ3n) is 3.44. The van der Waals surface area contributed by atoms with Gasteiger partial charge < -0.3 is 10.6 Å². The number of hydrogen-bond donors (Lipinski definition) is 2. The second kappa shape index (κ2) is 6.43. The minimum atomic E-state index is 0.0186. The topological polar surface area (TPSA) is 59.0 Å². The fourth-order valence-electron chi connectivity index (χ4n) is 2.08. The summed E-state index contributed by atoms with van der Waals surface area (Å²) >= 11 is 0. The van der Waals surface area contributed by atoms with Crippen LogP contribution in [0.2, 0.25) is 0 Å². The fourth-order valence-corrected chi connectivity index (χ4v) is 2.08. The molecule has 0 bridgehead atoms. The Bertz CT molecular complexity index is 633. The number of aryl methyl sites for hydroxylation is 2. The van der Waals surface area contributed by atoms with Crippen LogP contribution in [0, 0.1) is 6.92 Å². The van der Waals surface area contributed by atoms with E-state index in [0.29, 0.717) is 6.42 Å². The van der Waals surface area contributed by atoms with Crippen LogP contribution < -0.4 is 10.6 Å². The lowest BCUT2D eigenvalue weighted by atomic mass is 10.1. The number of anilines is 2. The van der Waals surface area contributed by atoms with Crippen LogP contribution >= 0.6 is 0 Å². The van der Waals surface area contributed by atoms with E-state index >= 15 is 0 Å². The van der Waals surface area contributed by atoms with Crippen molar-refractivity contribution in [2.24, 2.45) is 7.05 Å². The van der Waals surface area contributed by atoms with Crippen LogP contribution in [0.1, 0.15) is 37.4 Å². The molecular formula is C16H22N4O. The third kappa shape index (κ3) is 3.84. The molecule has 21 heavy (non-hydrogen) atoms. The summed E-state index contributed by atoms with van der Waals surface area (Å²) in [4.78, 5) is 11.5. The van der Waals surface area contributed by atoms with Gasteiger partial charge >= 0.3 is 0 Å². The molecule has 0 aliphatic heterocycles. The maximum atomic E-state index is 11.5. The van der Waals surface area contributed by atoms with Crippen molar-refractivity contribution in [3.63, 3.8) is 0 Å². The average molecular weight is 286 g/mol. The summed E-state index contributed by atoms with van der Waals surface area (Å²) in [6.07, 6.45) is 4.33. The molecule has 0 aliphatic rings. The standard InChI is InChI=1S/C16H22N4O/c1-5-16(21)19-14-7-6-11(2)15(8-14)18-12(3)13-9-17-20(4)10-13/h6-10,12,18H,5H2,1-4H3,(H,19,21). The summed E-state index contributed by atoms with van der Waals surface area (Å²) in [5.74, 6) is 0.0186. The average Bonchev–Trinajstić information content (AvgIpc) is 2.89. The molecule has 2 N–H and O–H groups in total. The zero-order valence-corrected chi connectivity index (χ0v) is 13.0. The maximum Gasteiger partial charge on any atom is 0.224 e. The van der Waals surface area contributed by atoms with E-state index in [2.05, 4.69) is 22.7 Å². The molecule has 0 fully saturated rings. The number of nitrogens with zero attached hydrogens (tertiary/aromatic N) is 2. The van der Waals surface area contributed by atoms with Crippen molar-refractivity contribution in [3.05, 3.63) is 41.7 Å². The smallest absolute Gasteiger partial charge is 0.224 e. The van der Waals surface area contributed by atoms with Crippen molar-refractivity contribution in [2.45, 2.75) is 33.2 Å². The van der Waals surface area contributed by atoms with Crippen molar-refractivity contribution in [1.82, 2.24) is 9.78 Å². The van der Waals surface area contributed by atoms with Gasteiger partial charge in [0.05, 0.1) is 12.2 Å². The highest BCUT2D eigenvalue weighted by Gasteiger charge is 2.10. The Labute approximate surface area is 125 Å². The van der Waals surface area contributed by atoms with Gasteiger partial charge in [0.15, 0.2) is 0 Å². The summed E-state index contributed by atoms with van der Waals surface area (Å²) < 4.78 is 1.79. The lowest BCUT2D eigenvalue weighted by molar-refractivity contribution is -0.115. The predicted molar refractivity (Wildman–Crippen MR) is 85.3 cm³/mol. The molecule has 112 valence electrons. The first-order chi connectivity index (χ1) is 9.99. The minimum Gasteiger partial charge on any atom is -0.378 e. The van der Waals surface area contributed by atoms with Gasteiger partial charge in [0.25, 0.3) is 0 Å². The number of carbonyl (C=O) groups is 1. The monoisotopic (exact) mass is 286 g/mol. The normalized spacial score (nSPS) is 12.0. The van der Waals surface area contributed by atoms with E-state index in [1.54, 1.807) is 4.68 Å². The molecule has 0 spiro atoms. The van der Waals surface area contributed by atoms with Gasteiger partial charge in [0, 0.05) is 36.6 Å². The molecular weight excluding hydrogens is 264 g/mol. The number of rotatable bonds is 5. The molecule has 2 aromatic rings. The number of aromatic nitrogens is 2. The van der Waals surface area contributed by atoms with E-state index in [0.717, 1.165) is 22.5 Å². The molecule has 1 aromatic carbocycles. The van der Waals surface area contributed by atoms with Gasteiger partial charge in [-0.25, -0.2) is 0 Å². The van der Waals surface area contributed by atoms with Crippen molar-refractivity contribution in [1.29, 1.82) is 0 Å². The van der Waals surface area contributed by atoms with Gasteiger partial charge in [-0.15, -0.1) is 0 Å². The first-order valence-electron chi connectivity index (χ1n) is 7.15. The molecule has 0 aliphatic carbocycles. The van der Waals surface area contributed by atoms with Crippen LogP contribution in [-0.2, 0) is 11.8 Å². The highest BCUT2D eigenvalue weighted by atomic mass is 16.1. The van der Waals surface area contributed by atoms with Crippen LogP contribution in [-0.4, -0.2) is 15.7 Å². The van der Waals surface area contributed by atoms with Gasteiger partial charge in [-0.3, -0.25) is 9.48 Å². The summed E-state index contributed by atoms with van der Waals surface area (Å²) in [6.45, 7) is 5.98. The first kappa shape index (κ1) is 15.1. The quantitative estimate of drug-likeness (QED) is 0.887. The SMILES string of the molecule is CCC(=O)Nc1ccc(C)c(NC(C)c2cnn(C)c2)c1. The second-order valence-electron chi connectivity index (χ2n) is 5.24. The zero-order chi connectivity index (χ0) is 15.4. The van der Waals surface area contributed by atoms with Crippen molar-refractivity contribution in [2.75, 3.05) is 10.6 Å². The zero-order valence-electron chi connectivity index (χ0n) is 13.0. The first-order valence-corrected chi connectivity index (χ1v) is 7.15. The lowest BCUT2D eigenvalue weighted by Crippen LogP contribution is -2.11. The van der Waals surface area contributed by atoms with Crippen LogP contribution in [0.25, 0.3) is 0 Å². The molecule has 1 heterocycles. The molecule has 1 atom stereocenters. The van der Waals surface area contributed by atoms with Crippen LogP contribution in [0.4, 0.5) is 11.4 Å². The second-order valence-corrected chi connectivity index (χ2v) is 5.24. The summed E-state index contributed by atoms with van der Waals surface area (Å²) in [5.41, 5.74) is 4.09. The van der Waals surface area contributed by atoms with E-state index in [1.807, 2.05) is 51.5 Å². The molecule has 1 aromatic heterocycles. The van der Waals surface area contributed by atoms with Crippen molar-refractivity contribution in [3.8, 4) is 0 Å². The molecule has 2 rings (SSSR count). The van der Waals surface area contributed by atoms with Crippen LogP contribution in [0.5, 0.6) is 0 Å². The Morgan fingerprint density at radius 3 is 2.81 bits per heavy atom. The van der Waals surface area contributed by atoms with Gasteiger partial charge in [-0.1, -0.05) is 13.0 Å². The van der Waals surface area contributed by atoms with E-state index in [4.69, 9.17) is 0 Å². The molecule has 5 nitrogen and oxygen atoms in total. The number of benzene rings is 1. The molecule has 1 amide bonds. The Morgan fingerprint density at radius 2 is 2.19 bits per heavy atom. The highest BCUT2D eigenvalue weighted by molar-refractivity contribution is 5.91. The van der Waals surface area contributed by atoms with E-state index in [1.165, 1.54) is 0 Å².